The summed E-state index contributed by atoms with van der Waals surface area (Å²) in [6.45, 7) is 14.7. The fourth-order valence-corrected chi connectivity index (χ4v) is 3.75. The fourth-order valence-electron chi connectivity index (χ4n) is 3.56. The second-order valence-corrected chi connectivity index (χ2v) is 6.93. The number of hydrogen-bond donors (Lipinski definition) is 0. The first-order valence-corrected chi connectivity index (χ1v) is 9.66. The van der Waals surface area contributed by atoms with Crippen molar-refractivity contribution in [2.75, 3.05) is 19.6 Å². The minimum Gasteiger partial charge on any atom is -0.487 e. The van der Waals surface area contributed by atoms with Gasteiger partial charge < -0.3 is 4.74 Å². The van der Waals surface area contributed by atoms with Crippen molar-refractivity contribution in [2.45, 2.75) is 45.1 Å². The van der Waals surface area contributed by atoms with Crippen LogP contribution in [0, 0.1) is 0 Å². The van der Waals surface area contributed by atoms with Crippen LogP contribution < -0.4 is 4.74 Å². The first kappa shape index (κ1) is 19.8. The highest BCUT2D eigenvalue weighted by Crippen LogP contribution is 2.40. The summed E-state index contributed by atoms with van der Waals surface area (Å²) < 4.78 is 6.41. The van der Waals surface area contributed by atoms with Gasteiger partial charge in [-0.2, -0.15) is 0 Å². The number of nitrogens with zero attached hydrogens (tertiary/aromatic N) is 1. The Morgan fingerprint density at radius 3 is 2.60 bits per heavy atom. The molecule has 0 aromatic heterocycles. The van der Waals surface area contributed by atoms with Crippen molar-refractivity contribution in [1.29, 1.82) is 0 Å². The van der Waals surface area contributed by atoms with Crippen LogP contribution in [0.4, 0.5) is 0 Å². The van der Waals surface area contributed by atoms with Crippen LogP contribution in [0.1, 0.15) is 38.7 Å². The molecule has 2 nitrogen and oxygen atoms in total. The van der Waals surface area contributed by atoms with Crippen molar-refractivity contribution in [3.8, 4) is 5.75 Å². The standard InChI is InChI=1S/C20H24ClNO.C2H6/c1-3-5-16(4-2)15-22-12-10-20(11-13-22)9-8-17-14-18(21)6-7-19(17)23-20;1-2/h3-7,14H,1-2,8-13,15H2;1-2H3/b16-5+;. The average Bonchev–Trinajstić information content (AvgIpc) is 2.65. The Morgan fingerprint density at radius 2 is 1.96 bits per heavy atom. The van der Waals surface area contributed by atoms with Crippen LogP contribution in [-0.4, -0.2) is 30.1 Å². The average molecular weight is 360 g/mol. The van der Waals surface area contributed by atoms with Gasteiger partial charge in [-0.3, -0.25) is 4.90 Å². The second kappa shape index (κ2) is 9.26. The Balaban J connectivity index is 0.00000109. The van der Waals surface area contributed by atoms with Gasteiger partial charge in [-0.05, 0) is 55.0 Å². The zero-order chi connectivity index (χ0) is 18.3. The molecule has 2 aliphatic heterocycles. The zero-order valence-electron chi connectivity index (χ0n) is 15.6. The van der Waals surface area contributed by atoms with Crippen LogP contribution in [0.15, 0.2) is 55.2 Å². The third kappa shape index (κ3) is 4.99. The van der Waals surface area contributed by atoms with Crippen LogP contribution in [-0.2, 0) is 6.42 Å². The number of piperidine rings is 1. The van der Waals surface area contributed by atoms with Gasteiger partial charge in [0, 0.05) is 24.7 Å². The summed E-state index contributed by atoms with van der Waals surface area (Å²) in [6, 6.07) is 5.98. The molecule has 2 heterocycles. The molecular formula is C22H30ClNO. The summed E-state index contributed by atoms with van der Waals surface area (Å²) in [7, 11) is 0. The Bertz CT molecular complexity index is 627. The third-order valence-electron chi connectivity index (χ3n) is 4.97. The maximum atomic E-state index is 6.41. The summed E-state index contributed by atoms with van der Waals surface area (Å²) >= 11 is 6.08. The molecule has 1 aromatic carbocycles. The molecule has 0 bridgehead atoms. The quantitative estimate of drug-likeness (QED) is 0.627. The SMILES string of the molecule is C=C/C=C(\C=C)CN1CCC2(CCc3cc(Cl)ccc3O2)CC1.CC. The van der Waals surface area contributed by atoms with Crippen molar-refractivity contribution in [2.24, 2.45) is 0 Å². The second-order valence-electron chi connectivity index (χ2n) is 6.49. The molecule has 3 heteroatoms. The van der Waals surface area contributed by atoms with E-state index in [0.29, 0.717) is 0 Å². The van der Waals surface area contributed by atoms with Gasteiger partial charge in [0.2, 0.25) is 0 Å². The molecule has 0 atom stereocenters. The molecule has 136 valence electrons. The van der Waals surface area contributed by atoms with Crippen molar-refractivity contribution < 1.29 is 4.74 Å². The smallest absolute Gasteiger partial charge is 0.123 e. The van der Waals surface area contributed by atoms with Crippen molar-refractivity contribution in [3.63, 3.8) is 0 Å². The molecule has 0 unspecified atom stereocenters. The maximum Gasteiger partial charge on any atom is 0.123 e. The molecule has 3 rings (SSSR count). The van der Waals surface area contributed by atoms with E-state index in [1.54, 1.807) is 0 Å². The van der Waals surface area contributed by atoms with Gasteiger partial charge in [-0.25, -0.2) is 0 Å². The number of aryl methyl sites for hydroxylation is 1. The topological polar surface area (TPSA) is 12.5 Å². The monoisotopic (exact) mass is 359 g/mol. The normalized spacial score (nSPS) is 19.2. The Labute approximate surface area is 157 Å². The number of allylic oxidation sites excluding steroid dienone is 2. The molecule has 0 N–H and O–H groups in total. The summed E-state index contributed by atoms with van der Waals surface area (Å²) in [5.41, 5.74) is 2.47. The van der Waals surface area contributed by atoms with E-state index in [-0.39, 0.29) is 5.60 Å². The molecule has 0 aliphatic carbocycles. The van der Waals surface area contributed by atoms with E-state index in [1.807, 2.05) is 50.3 Å². The maximum absolute atomic E-state index is 6.41. The lowest BCUT2D eigenvalue weighted by atomic mass is 9.83. The van der Waals surface area contributed by atoms with Gasteiger partial charge in [-0.15, -0.1) is 0 Å². The largest absolute Gasteiger partial charge is 0.487 e. The van der Waals surface area contributed by atoms with Crippen LogP contribution in [0.25, 0.3) is 0 Å². The number of hydrogen-bond acceptors (Lipinski definition) is 2. The highest BCUT2D eigenvalue weighted by molar-refractivity contribution is 6.30. The van der Waals surface area contributed by atoms with Crippen LogP contribution in [0.5, 0.6) is 5.75 Å². The van der Waals surface area contributed by atoms with Gasteiger partial charge >= 0.3 is 0 Å². The zero-order valence-corrected chi connectivity index (χ0v) is 16.3. The Kier molecular flexibility index (Phi) is 7.34. The lowest BCUT2D eigenvalue weighted by molar-refractivity contribution is -0.0122. The summed E-state index contributed by atoms with van der Waals surface area (Å²) in [6.07, 6.45) is 10.1. The molecule has 2 aliphatic rings. The van der Waals surface area contributed by atoms with E-state index in [2.05, 4.69) is 18.1 Å². The number of halogens is 1. The van der Waals surface area contributed by atoms with E-state index in [9.17, 15) is 0 Å². The van der Waals surface area contributed by atoms with E-state index in [1.165, 1.54) is 11.1 Å². The van der Waals surface area contributed by atoms with E-state index in [4.69, 9.17) is 16.3 Å². The molecule has 0 amide bonds. The van der Waals surface area contributed by atoms with E-state index in [0.717, 1.165) is 56.1 Å². The molecule has 1 fully saturated rings. The lowest BCUT2D eigenvalue weighted by Gasteiger charge is -2.44. The molecule has 0 saturated carbocycles. The number of ether oxygens (including phenoxy) is 1. The number of benzene rings is 1. The van der Waals surface area contributed by atoms with Gasteiger partial charge in [-0.1, -0.05) is 56.8 Å². The lowest BCUT2D eigenvalue weighted by Crippen LogP contribution is -2.50. The minimum atomic E-state index is 0.00776. The van der Waals surface area contributed by atoms with Gasteiger partial charge in [0.1, 0.15) is 11.4 Å². The predicted octanol–water partition coefficient (Wildman–Crippen LogP) is 5.82. The van der Waals surface area contributed by atoms with Crippen LogP contribution in [0.2, 0.25) is 5.02 Å². The molecule has 1 saturated heterocycles. The van der Waals surface area contributed by atoms with Crippen LogP contribution in [0.3, 0.4) is 0 Å². The number of fused-ring (bicyclic) bond motifs is 1. The molecule has 25 heavy (non-hydrogen) atoms. The Morgan fingerprint density at radius 1 is 1.24 bits per heavy atom. The highest BCUT2D eigenvalue weighted by atomic mass is 35.5. The van der Waals surface area contributed by atoms with Crippen LogP contribution >= 0.6 is 11.6 Å². The van der Waals surface area contributed by atoms with Crippen molar-refractivity contribution in [1.82, 2.24) is 4.90 Å². The fraction of sp³-hybridized carbons (Fsp3) is 0.455. The van der Waals surface area contributed by atoms with Gasteiger partial charge in [0.25, 0.3) is 0 Å². The Hall–Kier alpha value is -1.51. The number of rotatable bonds is 4. The van der Waals surface area contributed by atoms with Crippen molar-refractivity contribution >= 4 is 11.6 Å². The van der Waals surface area contributed by atoms with E-state index < -0.39 is 0 Å². The highest BCUT2D eigenvalue weighted by Gasteiger charge is 2.39. The first-order chi connectivity index (χ1) is 12.1. The van der Waals surface area contributed by atoms with Crippen molar-refractivity contribution in [3.05, 3.63) is 65.7 Å². The predicted molar refractivity (Wildman–Crippen MR) is 109 cm³/mol. The van der Waals surface area contributed by atoms with Gasteiger partial charge in [0.05, 0.1) is 0 Å². The molecule has 1 spiro atoms. The minimum absolute atomic E-state index is 0.00776. The van der Waals surface area contributed by atoms with E-state index >= 15 is 0 Å². The molecular weight excluding hydrogens is 330 g/mol. The molecule has 1 aromatic rings. The third-order valence-corrected chi connectivity index (χ3v) is 5.20. The first-order valence-electron chi connectivity index (χ1n) is 9.28. The summed E-state index contributed by atoms with van der Waals surface area (Å²) in [5.74, 6) is 1.02. The number of likely N-dealkylation sites (tertiary alicyclic amines) is 1. The van der Waals surface area contributed by atoms with Gasteiger partial charge in [0.15, 0.2) is 0 Å². The molecule has 0 radical (unpaired) electrons. The summed E-state index contributed by atoms with van der Waals surface area (Å²) in [5, 5.41) is 0.795. The summed E-state index contributed by atoms with van der Waals surface area (Å²) in [4.78, 5) is 2.48.